The summed E-state index contributed by atoms with van der Waals surface area (Å²) in [5.74, 6) is 1.04. The first-order valence-electron chi connectivity index (χ1n) is 5.72. The maximum absolute atomic E-state index is 5.92. The monoisotopic (exact) mass is 272 g/mol. The van der Waals surface area contributed by atoms with Crippen molar-refractivity contribution in [1.29, 1.82) is 0 Å². The van der Waals surface area contributed by atoms with Crippen molar-refractivity contribution in [2.24, 2.45) is 0 Å². The van der Waals surface area contributed by atoms with Gasteiger partial charge in [0.2, 0.25) is 5.88 Å². The summed E-state index contributed by atoms with van der Waals surface area (Å²) in [6, 6.07) is 9.66. The van der Waals surface area contributed by atoms with Crippen LogP contribution in [0.15, 0.2) is 45.6 Å². The van der Waals surface area contributed by atoms with Gasteiger partial charge in [-0.15, -0.1) is 0 Å². The van der Waals surface area contributed by atoms with Gasteiger partial charge >= 0.3 is 0 Å². The van der Waals surface area contributed by atoms with Crippen molar-refractivity contribution in [3.05, 3.63) is 41.1 Å². The van der Waals surface area contributed by atoms with Crippen LogP contribution in [0.3, 0.4) is 0 Å². The Morgan fingerprint density at radius 3 is 2.84 bits per heavy atom. The van der Waals surface area contributed by atoms with E-state index in [1.54, 1.807) is 18.4 Å². The molecule has 2 aromatic heterocycles. The Labute approximate surface area is 114 Å². The van der Waals surface area contributed by atoms with Crippen LogP contribution in [-0.2, 0) is 0 Å². The number of para-hydroxylation sites is 1. The van der Waals surface area contributed by atoms with Crippen molar-refractivity contribution in [3.8, 4) is 28.1 Å². The smallest absolute Gasteiger partial charge is 0.230 e. The second-order valence-corrected chi connectivity index (χ2v) is 4.76. The molecule has 0 fully saturated rings. The largest absolute Gasteiger partial charge is 0.496 e. The van der Waals surface area contributed by atoms with E-state index in [4.69, 9.17) is 15.0 Å². The highest BCUT2D eigenvalue weighted by atomic mass is 32.1. The van der Waals surface area contributed by atoms with Gasteiger partial charge in [-0.3, -0.25) is 0 Å². The molecule has 2 N–H and O–H groups in total. The Hall–Kier alpha value is -2.27. The number of benzene rings is 1. The highest BCUT2D eigenvalue weighted by molar-refractivity contribution is 7.08. The molecule has 0 saturated carbocycles. The molecule has 0 spiro atoms. The van der Waals surface area contributed by atoms with Gasteiger partial charge in [-0.05, 0) is 17.5 Å². The fourth-order valence-electron chi connectivity index (χ4n) is 2.01. The van der Waals surface area contributed by atoms with Gasteiger partial charge in [-0.1, -0.05) is 23.4 Å². The molecular formula is C14H12N2O2S. The molecule has 0 amide bonds. The van der Waals surface area contributed by atoms with E-state index in [1.165, 1.54) is 0 Å². The van der Waals surface area contributed by atoms with E-state index in [-0.39, 0.29) is 0 Å². The Balaban J connectivity index is 2.23. The summed E-state index contributed by atoms with van der Waals surface area (Å²) in [6.07, 6.45) is 0. The summed E-state index contributed by atoms with van der Waals surface area (Å²) in [7, 11) is 1.63. The fourth-order valence-corrected chi connectivity index (χ4v) is 2.65. The average Bonchev–Trinajstić information content (AvgIpc) is 3.07. The molecule has 2 heterocycles. The zero-order valence-electron chi connectivity index (χ0n) is 10.3. The van der Waals surface area contributed by atoms with Crippen LogP contribution in [0.25, 0.3) is 22.4 Å². The maximum Gasteiger partial charge on any atom is 0.230 e. The predicted molar refractivity (Wildman–Crippen MR) is 76.2 cm³/mol. The van der Waals surface area contributed by atoms with E-state index in [0.717, 1.165) is 28.1 Å². The van der Waals surface area contributed by atoms with E-state index >= 15 is 0 Å². The molecule has 0 bridgehead atoms. The first-order chi connectivity index (χ1) is 9.31. The normalized spacial score (nSPS) is 10.6. The van der Waals surface area contributed by atoms with E-state index < -0.39 is 0 Å². The van der Waals surface area contributed by atoms with Gasteiger partial charge in [0, 0.05) is 16.5 Å². The number of nitrogen functional groups attached to an aromatic ring is 1. The number of anilines is 1. The summed E-state index contributed by atoms with van der Waals surface area (Å²) < 4.78 is 10.5. The molecule has 4 nitrogen and oxygen atoms in total. The minimum Gasteiger partial charge on any atom is -0.496 e. The molecule has 0 atom stereocenters. The number of nitrogens with two attached hydrogens (primary N) is 1. The van der Waals surface area contributed by atoms with Crippen LogP contribution >= 0.6 is 11.3 Å². The molecule has 0 aliphatic rings. The van der Waals surface area contributed by atoms with Crippen molar-refractivity contribution < 1.29 is 9.26 Å². The zero-order chi connectivity index (χ0) is 13.2. The van der Waals surface area contributed by atoms with Crippen molar-refractivity contribution in [3.63, 3.8) is 0 Å². The highest BCUT2D eigenvalue weighted by Gasteiger charge is 2.20. The Morgan fingerprint density at radius 2 is 2.11 bits per heavy atom. The van der Waals surface area contributed by atoms with Crippen molar-refractivity contribution in [2.45, 2.75) is 0 Å². The molecule has 19 heavy (non-hydrogen) atoms. The number of hydrogen-bond acceptors (Lipinski definition) is 5. The van der Waals surface area contributed by atoms with Crippen LogP contribution in [0.1, 0.15) is 0 Å². The quantitative estimate of drug-likeness (QED) is 0.790. The number of ether oxygens (including phenoxy) is 1. The lowest BCUT2D eigenvalue weighted by molar-refractivity contribution is 0.416. The summed E-state index contributed by atoms with van der Waals surface area (Å²) in [4.78, 5) is 0. The van der Waals surface area contributed by atoms with Gasteiger partial charge in [0.25, 0.3) is 0 Å². The first-order valence-corrected chi connectivity index (χ1v) is 6.66. The lowest BCUT2D eigenvalue weighted by Gasteiger charge is -2.07. The molecule has 3 rings (SSSR count). The van der Waals surface area contributed by atoms with E-state index in [9.17, 15) is 0 Å². The maximum atomic E-state index is 5.92. The van der Waals surface area contributed by atoms with Crippen molar-refractivity contribution in [2.75, 3.05) is 12.8 Å². The second-order valence-electron chi connectivity index (χ2n) is 3.98. The number of thiophene rings is 1. The van der Waals surface area contributed by atoms with Gasteiger partial charge in [0.05, 0.1) is 12.7 Å². The molecule has 0 saturated heterocycles. The third kappa shape index (κ3) is 1.98. The Bertz CT molecular complexity index is 689. The molecule has 3 aromatic rings. The van der Waals surface area contributed by atoms with Gasteiger partial charge in [-0.25, -0.2) is 0 Å². The van der Waals surface area contributed by atoms with E-state index in [0.29, 0.717) is 5.88 Å². The average molecular weight is 272 g/mol. The molecule has 1 aromatic carbocycles. The molecule has 96 valence electrons. The lowest BCUT2D eigenvalue weighted by atomic mass is 10.0. The van der Waals surface area contributed by atoms with Crippen LogP contribution < -0.4 is 10.5 Å². The molecular weight excluding hydrogens is 260 g/mol. The van der Waals surface area contributed by atoms with Gasteiger partial charge in [0.15, 0.2) is 0 Å². The number of methoxy groups -OCH3 is 1. The third-order valence-electron chi connectivity index (χ3n) is 2.89. The van der Waals surface area contributed by atoms with Crippen LogP contribution in [-0.4, -0.2) is 12.3 Å². The van der Waals surface area contributed by atoms with E-state index in [2.05, 4.69) is 5.16 Å². The first kappa shape index (κ1) is 11.8. The zero-order valence-corrected chi connectivity index (χ0v) is 11.1. The van der Waals surface area contributed by atoms with Gasteiger partial charge < -0.3 is 15.0 Å². The third-order valence-corrected chi connectivity index (χ3v) is 3.57. The SMILES string of the molecule is COc1ccccc1-c1c(-c2ccsc2)noc1N. The van der Waals surface area contributed by atoms with Crippen molar-refractivity contribution in [1.82, 2.24) is 5.16 Å². The predicted octanol–water partition coefficient (Wildman–Crippen LogP) is 3.66. The lowest BCUT2D eigenvalue weighted by Crippen LogP contribution is -1.91. The van der Waals surface area contributed by atoms with Crippen LogP contribution in [0.5, 0.6) is 5.75 Å². The Kier molecular flexibility index (Phi) is 2.97. The number of nitrogens with zero attached hydrogens (tertiary/aromatic N) is 1. The summed E-state index contributed by atoms with van der Waals surface area (Å²) in [5.41, 5.74) is 9.31. The van der Waals surface area contributed by atoms with Crippen molar-refractivity contribution >= 4 is 17.2 Å². The molecule has 0 radical (unpaired) electrons. The second kappa shape index (κ2) is 4.78. The van der Waals surface area contributed by atoms with Crippen LogP contribution in [0.4, 0.5) is 5.88 Å². The summed E-state index contributed by atoms with van der Waals surface area (Å²) in [6.45, 7) is 0. The molecule has 5 heteroatoms. The number of rotatable bonds is 3. The topological polar surface area (TPSA) is 61.3 Å². The number of aromatic nitrogens is 1. The molecule has 0 aliphatic carbocycles. The summed E-state index contributed by atoms with van der Waals surface area (Å²) >= 11 is 1.60. The standard InChI is InChI=1S/C14H12N2O2S/c1-17-11-5-3-2-4-10(11)12-13(16-18-14(12)15)9-6-7-19-8-9/h2-8H,15H2,1H3. The van der Waals surface area contributed by atoms with Gasteiger partial charge in [-0.2, -0.15) is 11.3 Å². The van der Waals surface area contributed by atoms with E-state index in [1.807, 2.05) is 41.1 Å². The van der Waals surface area contributed by atoms with Gasteiger partial charge in [0.1, 0.15) is 11.4 Å². The Morgan fingerprint density at radius 1 is 1.26 bits per heavy atom. The summed E-state index contributed by atoms with van der Waals surface area (Å²) in [5, 5.41) is 8.06. The highest BCUT2D eigenvalue weighted by Crippen LogP contribution is 2.40. The molecule has 0 aliphatic heterocycles. The number of hydrogen-bond donors (Lipinski definition) is 1. The molecule has 0 unspecified atom stereocenters. The minimum atomic E-state index is 0.297. The fraction of sp³-hybridized carbons (Fsp3) is 0.0714. The van der Waals surface area contributed by atoms with Crippen LogP contribution in [0, 0.1) is 0 Å². The van der Waals surface area contributed by atoms with Crippen LogP contribution in [0.2, 0.25) is 0 Å². The minimum absolute atomic E-state index is 0.297.